The first-order valence-corrected chi connectivity index (χ1v) is 10.7. The lowest BCUT2D eigenvalue weighted by molar-refractivity contribution is -0.124. The maximum atomic E-state index is 12.8. The molecule has 1 aliphatic rings. The second-order valence-electron chi connectivity index (χ2n) is 9.77. The third-order valence-electron chi connectivity index (χ3n) is 5.82. The van der Waals surface area contributed by atoms with E-state index in [0.29, 0.717) is 18.7 Å². The highest BCUT2D eigenvalue weighted by Gasteiger charge is 2.32. The van der Waals surface area contributed by atoms with Crippen molar-refractivity contribution in [3.63, 3.8) is 0 Å². The van der Waals surface area contributed by atoms with Gasteiger partial charge in [0.25, 0.3) is 0 Å². The molecule has 0 atom stereocenters. The normalized spacial score (nSPS) is 14.8. The largest absolute Gasteiger partial charge is 0.330 e. The van der Waals surface area contributed by atoms with Gasteiger partial charge >= 0.3 is 11.7 Å². The van der Waals surface area contributed by atoms with Crippen LogP contribution in [0.2, 0.25) is 0 Å². The lowest BCUT2D eigenvalue weighted by Crippen LogP contribution is -2.29. The molecule has 0 radical (unpaired) electrons. The lowest BCUT2D eigenvalue weighted by Gasteiger charge is -2.18. The number of likely N-dealkylation sites (N-methyl/N-ethyl adjacent to an activating group) is 1. The summed E-state index contributed by atoms with van der Waals surface area (Å²) in [6.07, 6.45) is 0. The van der Waals surface area contributed by atoms with E-state index in [1.807, 2.05) is 37.3 Å². The highest BCUT2D eigenvalue weighted by atomic mass is 16.2. The van der Waals surface area contributed by atoms with Crippen molar-refractivity contribution in [2.24, 2.45) is 12.5 Å². The second kappa shape index (κ2) is 7.62. The Morgan fingerprint density at radius 2 is 1.75 bits per heavy atom. The van der Waals surface area contributed by atoms with Crippen molar-refractivity contribution in [3.05, 3.63) is 51.9 Å². The molecule has 3 amide bonds. The van der Waals surface area contributed by atoms with Crippen LogP contribution in [0, 0.1) is 12.3 Å². The molecule has 0 spiro atoms. The lowest BCUT2D eigenvalue weighted by atomic mass is 9.97. The van der Waals surface area contributed by atoms with Crippen LogP contribution in [0.3, 0.4) is 0 Å². The van der Waals surface area contributed by atoms with Gasteiger partial charge in [0, 0.05) is 32.7 Å². The van der Waals surface area contributed by atoms with E-state index in [4.69, 9.17) is 4.98 Å². The number of rotatable bonds is 4. The molecule has 1 saturated heterocycles. The van der Waals surface area contributed by atoms with E-state index in [0.717, 1.165) is 32.8 Å². The van der Waals surface area contributed by atoms with Crippen LogP contribution in [0.1, 0.15) is 31.9 Å². The topological polar surface area (TPSA) is 80.4 Å². The molecule has 168 valence electrons. The monoisotopic (exact) mass is 435 g/mol. The maximum Gasteiger partial charge on any atom is 0.330 e. The summed E-state index contributed by atoms with van der Waals surface area (Å²) >= 11 is 0. The first-order valence-electron chi connectivity index (χ1n) is 10.7. The number of benzene rings is 1. The molecule has 4 rings (SSSR count). The standard InChI is InChI=1S/C24H29N5O3/c1-15-7-8-16(12-28-13-20(30)26(5)22(28)31)11-17(15)18-9-10-19-21(25-18)27(6)23(32)29(19)14-24(2,3)4/h7-11H,12-14H2,1-6H3. The number of imidazole rings is 1. The zero-order valence-electron chi connectivity index (χ0n) is 19.5. The molecule has 0 N–H and O–H groups in total. The van der Waals surface area contributed by atoms with Crippen molar-refractivity contribution in [1.29, 1.82) is 0 Å². The summed E-state index contributed by atoms with van der Waals surface area (Å²) in [4.78, 5) is 44.4. The number of imide groups is 1. The minimum absolute atomic E-state index is 0.0375. The summed E-state index contributed by atoms with van der Waals surface area (Å²) in [5, 5.41) is 0. The van der Waals surface area contributed by atoms with Crippen molar-refractivity contribution in [2.75, 3.05) is 13.6 Å². The molecule has 3 heterocycles. The van der Waals surface area contributed by atoms with Crippen molar-refractivity contribution >= 4 is 23.1 Å². The van der Waals surface area contributed by atoms with Crippen molar-refractivity contribution in [1.82, 2.24) is 23.9 Å². The average molecular weight is 436 g/mol. The molecule has 0 bridgehead atoms. The molecule has 1 aromatic carbocycles. The average Bonchev–Trinajstić information content (AvgIpc) is 3.10. The van der Waals surface area contributed by atoms with Crippen LogP contribution in [0.25, 0.3) is 22.4 Å². The number of nitrogens with zero attached hydrogens (tertiary/aromatic N) is 5. The minimum Gasteiger partial charge on any atom is -0.311 e. The van der Waals surface area contributed by atoms with Crippen LogP contribution in [0.4, 0.5) is 4.79 Å². The number of aromatic nitrogens is 3. The number of carbonyl (C=O) groups is 2. The van der Waals surface area contributed by atoms with Gasteiger partial charge in [-0.25, -0.2) is 14.6 Å². The Kier molecular flexibility index (Phi) is 5.19. The van der Waals surface area contributed by atoms with Gasteiger partial charge in [-0.2, -0.15) is 0 Å². The number of hydrogen-bond acceptors (Lipinski definition) is 4. The molecule has 0 aliphatic carbocycles. The van der Waals surface area contributed by atoms with Gasteiger partial charge in [0.15, 0.2) is 5.65 Å². The molecule has 8 heteroatoms. The third kappa shape index (κ3) is 3.81. The fourth-order valence-corrected chi connectivity index (χ4v) is 4.09. The molecular weight excluding hydrogens is 406 g/mol. The first kappa shape index (κ1) is 21.8. The van der Waals surface area contributed by atoms with E-state index in [-0.39, 0.29) is 29.6 Å². The van der Waals surface area contributed by atoms with E-state index in [1.165, 1.54) is 11.9 Å². The number of pyridine rings is 1. The van der Waals surface area contributed by atoms with Crippen LogP contribution in [-0.2, 0) is 24.9 Å². The number of urea groups is 1. The molecule has 8 nitrogen and oxygen atoms in total. The molecular formula is C24H29N5O3. The maximum absolute atomic E-state index is 12.8. The minimum atomic E-state index is -0.285. The van der Waals surface area contributed by atoms with Gasteiger partial charge in [-0.3, -0.25) is 18.8 Å². The van der Waals surface area contributed by atoms with Crippen LogP contribution >= 0.6 is 0 Å². The first-order chi connectivity index (χ1) is 15.0. The van der Waals surface area contributed by atoms with Gasteiger partial charge in [0.05, 0.1) is 11.2 Å². The van der Waals surface area contributed by atoms with Crippen molar-refractivity contribution in [2.45, 2.75) is 40.8 Å². The molecule has 1 aliphatic heterocycles. The fourth-order valence-electron chi connectivity index (χ4n) is 4.09. The van der Waals surface area contributed by atoms with Gasteiger partial charge in [0.2, 0.25) is 5.91 Å². The highest BCUT2D eigenvalue weighted by Crippen LogP contribution is 2.27. The SMILES string of the molecule is Cc1ccc(CN2CC(=O)N(C)C2=O)cc1-c1ccc2c(n1)n(C)c(=O)n2CC(C)(C)C. The Morgan fingerprint density at radius 1 is 1.03 bits per heavy atom. The summed E-state index contributed by atoms with van der Waals surface area (Å²) in [5.74, 6) is -0.199. The zero-order chi connectivity index (χ0) is 23.4. The number of amides is 3. The Balaban J connectivity index is 1.72. The summed E-state index contributed by atoms with van der Waals surface area (Å²) in [6, 6.07) is 9.56. The van der Waals surface area contributed by atoms with Crippen molar-refractivity contribution < 1.29 is 9.59 Å². The van der Waals surface area contributed by atoms with Crippen LogP contribution in [-0.4, -0.2) is 49.4 Å². The van der Waals surface area contributed by atoms with Crippen LogP contribution < -0.4 is 5.69 Å². The number of aryl methyl sites for hydroxylation is 2. The third-order valence-corrected chi connectivity index (χ3v) is 5.82. The Morgan fingerprint density at radius 3 is 2.38 bits per heavy atom. The van der Waals surface area contributed by atoms with Gasteiger partial charge in [-0.05, 0) is 41.7 Å². The van der Waals surface area contributed by atoms with E-state index < -0.39 is 0 Å². The van der Waals surface area contributed by atoms with E-state index in [2.05, 4.69) is 20.8 Å². The van der Waals surface area contributed by atoms with Crippen molar-refractivity contribution in [3.8, 4) is 11.3 Å². The quantitative estimate of drug-likeness (QED) is 0.590. The zero-order valence-corrected chi connectivity index (χ0v) is 19.5. The van der Waals surface area contributed by atoms with Gasteiger partial charge in [-0.15, -0.1) is 0 Å². The van der Waals surface area contributed by atoms with E-state index >= 15 is 0 Å². The molecule has 2 aromatic heterocycles. The number of carbonyl (C=O) groups excluding carboxylic acids is 2. The predicted molar refractivity (Wildman–Crippen MR) is 123 cm³/mol. The number of hydrogen-bond donors (Lipinski definition) is 0. The van der Waals surface area contributed by atoms with E-state index in [9.17, 15) is 14.4 Å². The summed E-state index contributed by atoms with van der Waals surface area (Å²) < 4.78 is 3.37. The fraction of sp³-hybridized carbons (Fsp3) is 0.417. The summed E-state index contributed by atoms with van der Waals surface area (Å²) in [6.45, 7) is 9.36. The van der Waals surface area contributed by atoms with E-state index in [1.54, 1.807) is 16.2 Å². The highest BCUT2D eigenvalue weighted by molar-refractivity contribution is 6.01. The van der Waals surface area contributed by atoms with Gasteiger partial charge < -0.3 is 4.90 Å². The molecule has 1 fully saturated rings. The number of fused-ring (bicyclic) bond motifs is 1. The summed E-state index contributed by atoms with van der Waals surface area (Å²) in [7, 11) is 3.25. The molecule has 0 saturated carbocycles. The molecule has 0 unspecified atom stereocenters. The Bertz CT molecular complexity index is 1300. The van der Waals surface area contributed by atoms with Gasteiger partial charge in [-0.1, -0.05) is 32.9 Å². The smallest absolute Gasteiger partial charge is 0.311 e. The predicted octanol–water partition coefficient (Wildman–Crippen LogP) is 3.15. The second-order valence-corrected chi connectivity index (χ2v) is 9.77. The summed E-state index contributed by atoms with van der Waals surface area (Å²) in [5.41, 5.74) is 5.00. The van der Waals surface area contributed by atoms with Crippen LogP contribution in [0.15, 0.2) is 35.1 Å². The molecule has 32 heavy (non-hydrogen) atoms. The Labute approximate surface area is 187 Å². The van der Waals surface area contributed by atoms with Crippen LogP contribution in [0.5, 0.6) is 0 Å². The molecule has 3 aromatic rings. The van der Waals surface area contributed by atoms with Gasteiger partial charge in [0.1, 0.15) is 6.54 Å². The Hall–Kier alpha value is -3.42.